The Morgan fingerprint density at radius 1 is 1.16 bits per heavy atom. The highest BCUT2D eigenvalue weighted by atomic mass is 16.6. The Bertz CT molecular complexity index is 1170. The van der Waals surface area contributed by atoms with Gasteiger partial charge in [0.15, 0.2) is 0 Å². The number of carbonyl (C=O) groups is 1. The summed E-state index contributed by atoms with van der Waals surface area (Å²) in [6.45, 7) is 6.54. The molecule has 1 fully saturated rings. The molecular formula is C25H25N3O4. The smallest absolute Gasteiger partial charge is 0.270 e. The van der Waals surface area contributed by atoms with Gasteiger partial charge in [-0.1, -0.05) is 57.2 Å². The Morgan fingerprint density at radius 2 is 1.91 bits per heavy atom. The first-order valence-electron chi connectivity index (χ1n) is 10.5. The Labute approximate surface area is 186 Å². The predicted molar refractivity (Wildman–Crippen MR) is 123 cm³/mol. The van der Waals surface area contributed by atoms with Crippen LogP contribution in [0.4, 0.5) is 5.69 Å². The summed E-state index contributed by atoms with van der Waals surface area (Å²) in [4.78, 5) is 22.9. The number of nitro benzene ring substituents is 1. The third-order valence-electron chi connectivity index (χ3n) is 5.67. The van der Waals surface area contributed by atoms with E-state index in [-0.39, 0.29) is 28.8 Å². The average molecular weight is 431 g/mol. The molecule has 1 N–H and O–H groups in total. The lowest BCUT2D eigenvalue weighted by Gasteiger charge is -2.19. The highest BCUT2D eigenvalue weighted by Gasteiger charge is 2.44. The first-order chi connectivity index (χ1) is 15.2. The summed E-state index contributed by atoms with van der Waals surface area (Å²) in [6, 6.07) is 18.1. The summed E-state index contributed by atoms with van der Waals surface area (Å²) < 4.78 is 5.67. The third kappa shape index (κ3) is 4.77. The van der Waals surface area contributed by atoms with Crippen LogP contribution in [0.5, 0.6) is 0 Å². The Hall–Kier alpha value is -3.74. The molecule has 1 aliphatic carbocycles. The molecule has 4 rings (SSSR count). The number of hydrogen-bond acceptors (Lipinski definition) is 5. The molecule has 0 saturated heterocycles. The number of furan rings is 1. The largest absolute Gasteiger partial charge is 0.455 e. The minimum atomic E-state index is -0.450. The van der Waals surface area contributed by atoms with Gasteiger partial charge in [-0.15, -0.1) is 0 Å². The molecule has 1 heterocycles. The second-order valence-corrected chi connectivity index (χ2v) is 9.06. The van der Waals surface area contributed by atoms with E-state index in [9.17, 15) is 14.9 Å². The van der Waals surface area contributed by atoms with E-state index in [0.717, 1.165) is 6.42 Å². The van der Waals surface area contributed by atoms with Crippen LogP contribution in [0.2, 0.25) is 0 Å². The number of nitrogens with one attached hydrogen (secondary N) is 1. The topological polar surface area (TPSA) is 97.7 Å². The summed E-state index contributed by atoms with van der Waals surface area (Å²) >= 11 is 0. The van der Waals surface area contributed by atoms with Crippen LogP contribution in [0.1, 0.15) is 50.0 Å². The third-order valence-corrected chi connectivity index (χ3v) is 5.67. The van der Waals surface area contributed by atoms with Gasteiger partial charge < -0.3 is 4.42 Å². The van der Waals surface area contributed by atoms with E-state index in [0.29, 0.717) is 17.1 Å². The number of carbonyl (C=O) groups excluding carboxylic acids is 1. The van der Waals surface area contributed by atoms with Crippen molar-refractivity contribution in [2.24, 2.45) is 11.0 Å². The molecule has 2 aromatic carbocycles. The molecule has 7 heteroatoms. The molecule has 164 valence electrons. The van der Waals surface area contributed by atoms with E-state index in [2.05, 4.69) is 55.6 Å². The lowest BCUT2D eigenvalue weighted by atomic mass is 9.86. The van der Waals surface area contributed by atoms with Crippen molar-refractivity contribution in [1.29, 1.82) is 0 Å². The number of rotatable bonds is 6. The molecule has 1 aliphatic rings. The van der Waals surface area contributed by atoms with Gasteiger partial charge in [0.25, 0.3) is 5.69 Å². The van der Waals surface area contributed by atoms with Crippen LogP contribution in [0.25, 0.3) is 11.3 Å². The molecule has 32 heavy (non-hydrogen) atoms. The highest BCUT2D eigenvalue weighted by Crippen LogP contribution is 2.47. The second kappa shape index (κ2) is 8.42. The summed E-state index contributed by atoms with van der Waals surface area (Å²) in [5.74, 6) is 0.962. The molecule has 2 atom stereocenters. The van der Waals surface area contributed by atoms with Crippen molar-refractivity contribution in [3.8, 4) is 11.3 Å². The van der Waals surface area contributed by atoms with Crippen LogP contribution in [0.3, 0.4) is 0 Å². The predicted octanol–water partition coefficient (Wildman–Crippen LogP) is 5.41. The van der Waals surface area contributed by atoms with E-state index in [1.54, 1.807) is 24.3 Å². The maximum Gasteiger partial charge on any atom is 0.270 e. The van der Waals surface area contributed by atoms with E-state index in [1.807, 2.05) is 0 Å². The second-order valence-electron chi connectivity index (χ2n) is 9.06. The van der Waals surface area contributed by atoms with Gasteiger partial charge in [0, 0.05) is 23.6 Å². The van der Waals surface area contributed by atoms with Gasteiger partial charge in [0.05, 0.1) is 11.1 Å². The van der Waals surface area contributed by atoms with Gasteiger partial charge in [0.1, 0.15) is 11.5 Å². The Balaban J connectivity index is 1.33. The lowest BCUT2D eigenvalue weighted by Crippen LogP contribution is -2.20. The summed E-state index contributed by atoms with van der Waals surface area (Å²) in [5.41, 5.74) is 5.73. The number of non-ortho nitro benzene ring substituents is 1. The SMILES string of the molecule is CC(C)(C)c1ccc(C2CC2C(=O)N/N=C\c2ccc(-c3cccc([N+](=O)[O-])c3)o2)cc1. The zero-order valence-electron chi connectivity index (χ0n) is 18.2. The molecule has 3 aromatic rings. The maximum absolute atomic E-state index is 12.4. The van der Waals surface area contributed by atoms with Crippen LogP contribution in [0.15, 0.2) is 70.2 Å². The number of amides is 1. The number of hydrogen-bond donors (Lipinski definition) is 1. The standard InChI is InChI=1S/C25H25N3O4/c1-25(2,3)18-9-7-16(8-10-18)21-14-22(21)24(29)27-26-15-20-11-12-23(32-20)17-5-4-6-19(13-17)28(30)31/h4-13,15,21-22H,14H2,1-3H3,(H,27,29)/b26-15-. The zero-order chi connectivity index (χ0) is 22.9. The number of hydrazone groups is 1. The fourth-order valence-corrected chi connectivity index (χ4v) is 3.68. The minimum Gasteiger partial charge on any atom is -0.455 e. The van der Waals surface area contributed by atoms with Crippen LogP contribution < -0.4 is 5.43 Å². The molecule has 0 bridgehead atoms. The Kier molecular flexibility index (Phi) is 5.65. The van der Waals surface area contributed by atoms with Gasteiger partial charge in [-0.25, -0.2) is 5.43 Å². The molecular weight excluding hydrogens is 406 g/mol. The fraction of sp³-hybridized carbons (Fsp3) is 0.280. The lowest BCUT2D eigenvalue weighted by molar-refractivity contribution is -0.384. The van der Waals surface area contributed by atoms with Crippen LogP contribution in [-0.2, 0) is 10.2 Å². The van der Waals surface area contributed by atoms with Crippen LogP contribution >= 0.6 is 0 Å². The molecule has 1 aromatic heterocycles. The number of benzene rings is 2. The molecule has 0 aliphatic heterocycles. The first-order valence-corrected chi connectivity index (χ1v) is 10.5. The van der Waals surface area contributed by atoms with E-state index in [4.69, 9.17) is 4.42 Å². The number of nitrogens with zero attached hydrogens (tertiary/aromatic N) is 2. The summed E-state index contributed by atoms with van der Waals surface area (Å²) in [5, 5.41) is 14.9. The van der Waals surface area contributed by atoms with Crippen molar-refractivity contribution in [3.05, 3.63) is 87.7 Å². The molecule has 0 spiro atoms. The van der Waals surface area contributed by atoms with Gasteiger partial charge in [-0.3, -0.25) is 14.9 Å². The summed E-state index contributed by atoms with van der Waals surface area (Å²) in [7, 11) is 0. The molecule has 2 unspecified atom stereocenters. The van der Waals surface area contributed by atoms with Gasteiger partial charge in [0.2, 0.25) is 5.91 Å². The monoisotopic (exact) mass is 431 g/mol. The van der Waals surface area contributed by atoms with Crippen molar-refractivity contribution in [2.75, 3.05) is 0 Å². The van der Waals surface area contributed by atoms with Gasteiger partial charge >= 0.3 is 0 Å². The quantitative estimate of drug-likeness (QED) is 0.321. The van der Waals surface area contributed by atoms with E-state index >= 15 is 0 Å². The maximum atomic E-state index is 12.4. The van der Waals surface area contributed by atoms with Crippen LogP contribution in [0, 0.1) is 16.0 Å². The first kappa shape index (κ1) is 21.5. The fourth-order valence-electron chi connectivity index (χ4n) is 3.68. The molecule has 1 saturated carbocycles. The van der Waals surface area contributed by atoms with E-state index < -0.39 is 4.92 Å². The van der Waals surface area contributed by atoms with E-state index in [1.165, 1.54) is 29.5 Å². The van der Waals surface area contributed by atoms with Gasteiger partial charge in [-0.2, -0.15) is 5.10 Å². The van der Waals surface area contributed by atoms with Crippen molar-refractivity contribution >= 4 is 17.8 Å². The highest BCUT2D eigenvalue weighted by molar-refractivity contribution is 5.85. The normalized spacial score (nSPS) is 18.0. The number of nitro groups is 1. The van der Waals surface area contributed by atoms with Crippen molar-refractivity contribution in [1.82, 2.24) is 5.43 Å². The zero-order valence-corrected chi connectivity index (χ0v) is 18.2. The minimum absolute atomic E-state index is 0.00610. The molecule has 1 amide bonds. The van der Waals surface area contributed by atoms with Crippen molar-refractivity contribution < 1.29 is 14.1 Å². The van der Waals surface area contributed by atoms with Crippen LogP contribution in [-0.4, -0.2) is 17.0 Å². The molecule has 7 nitrogen and oxygen atoms in total. The summed E-state index contributed by atoms with van der Waals surface area (Å²) in [6.07, 6.45) is 2.24. The van der Waals surface area contributed by atoms with Gasteiger partial charge in [-0.05, 0) is 41.0 Å². The molecule has 0 radical (unpaired) electrons. The van der Waals surface area contributed by atoms with Crippen molar-refractivity contribution in [3.63, 3.8) is 0 Å². The average Bonchev–Trinajstić information content (AvgIpc) is 3.44. The Morgan fingerprint density at radius 3 is 2.59 bits per heavy atom. The van der Waals surface area contributed by atoms with Crippen molar-refractivity contribution in [2.45, 2.75) is 38.5 Å².